The molecule has 0 aromatic carbocycles. The van der Waals surface area contributed by atoms with E-state index in [0.717, 1.165) is 11.8 Å². The second-order valence-corrected chi connectivity index (χ2v) is 10.4. The number of fused-ring (bicyclic) bond motifs is 2. The summed E-state index contributed by atoms with van der Waals surface area (Å²) in [4.78, 5) is 16.8. The third-order valence-electron chi connectivity index (χ3n) is 6.90. The number of sulfonamides is 1. The van der Waals surface area contributed by atoms with Gasteiger partial charge in [0.05, 0.1) is 0 Å². The number of pyridine rings is 1. The lowest BCUT2D eigenvalue weighted by Gasteiger charge is -2.33. The average Bonchev–Trinajstić information content (AvgIpc) is 3.32. The molecular formula is C20H29N3O3S. The van der Waals surface area contributed by atoms with Gasteiger partial charge in [0.2, 0.25) is 15.9 Å². The maximum Gasteiger partial charge on any atom is 0.244 e. The van der Waals surface area contributed by atoms with Crippen molar-refractivity contribution in [3.05, 3.63) is 24.5 Å². The molecule has 4 atom stereocenters. The van der Waals surface area contributed by atoms with Gasteiger partial charge >= 0.3 is 0 Å². The Bertz CT molecular complexity index is 775. The smallest absolute Gasteiger partial charge is 0.244 e. The number of piperidine rings is 1. The Balaban J connectivity index is 1.30. The molecule has 1 N–H and O–H groups in total. The van der Waals surface area contributed by atoms with E-state index in [0.29, 0.717) is 31.8 Å². The van der Waals surface area contributed by atoms with Crippen molar-refractivity contribution in [2.45, 2.75) is 56.4 Å². The quantitative estimate of drug-likeness (QED) is 0.836. The summed E-state index contributed by atoms with van der Waals surface area (Å²) in [5, 5.41) is 3.24. The van der Waals surface area contributed by atoms with Gasteiger partial charge < -0.3 is 5.32 Å². The minimum absolute atomic E-state index is 0.0913. The summed E-state index contributed by atoms with van der Waals surface area (Å²) in [5.41, 5.74) is 0. The number of nitrogens with one attached hydrogen (secondary N) is 1. The van der Waals surface area contributed by atoms with E-state index in [1.54, 1.807) is 18.3 Å². The molecule has 1 aromatic heterocycles. The molecule has 0 radical (unpaired) electrons. The molecule has 2 aliphatic carbocycles. The van der Waals surface area contributed by atoms with Gasteiger partial charge in [0.1, 0.15) is 4.90 Å². The highest BCUT2D eigenvalue weighted by molar-refractivity contribution is 7.89. The largest absolute Gasteiger partial charge is 0.353 e. The highest BCUT2D eigenvalue weighted by Gasteiger charge is 2.42. The lowest BCUT2D eigenvalue weighted by Crippen LogP contribution is -2.47. The molecular weight excluding hydrogens is 362 g/mol. The number of amides is 1. The van der Waals surface area contributed by atoms with Crippen LogP contribution in [0.3, 0.4) is 0 Å². The van der Waals surface area contributed by atoms with Crippen LogP contribution in [0.25, 0.3) is 0 Å². The van der Waals surface area contributed by atoms with Crippen molar-refractivity contribution in [3.63, 3.8) is 0 Å². The van der Waals surface area contributed by atoms with E-state index in [9.17, 15) is 13.2 Å². The fourth-order valence-corrected chi connectivity index (χ4v) is 6.80. The molecule has 3 fully saturated rings. The number of carbonyl (C=O) groups excluding carboxylic acids is 1. The van der Waals surface area contributed by atoms with Gasteiger partial charge in [-0.25, -0.2) is 8.42 Å². The molecule has 1 saturated heterocycles. The average molecular weight is 392 g/mol. The van der Waals surface area contributed by atoms with Crippen LogP contribution < -0.4 is 5.32 Å². The summed E-state index contributed by atoms with van der Waals surface area (Å²) in [6.07, 6.45) is 9.39. The number of rotatable bonds is 5. The first kappa shape index (κ1) is 18.9. The van der Waals surface area contributed by atoms with Crippen LogP contribution in [0.1, 0.15) is 45.4 Å². The molecule has 2 heterocycles. The van der Waals surface area contributed by atoms with Gasteiger partial charge in [-0.1, -0.05) is 6.42 Å². The van der Waals surface area contributed by atoms with Crippen molar-refractivity contribution < 1.29 is 13.2 Å². The lowest BCUT2D eigenvalue weighted by molar-refractivity contribution is -0.127. The van der Waals surface area contributed by atoms with Crippen molar-refractivity contribution in [1.82, 2.24) is 14.6 Å². The summed E-state index contributed by atoms with van der Waals surface area (Å²) in [6, 6.07) is 3.42. The summed E-state index contributed by atoms with van der Waals surface area (Å²) in [5.74, 6) is 2.30. The Morgan fingerprint density at radius 2 is 2.00 bits per heavy atom. The van der Waals surface area contributed by atoms with Gasteiger partial charge in [0.25, 0.3) is 0 Å². The Hall–Kier alpha value is -1.47. The van der Waals surface area contributed by atoms with E-state index in [-0.39, 0.29) is 22.8 Å². The standard InChI is InChI=1S/C20H29N3O3S/c1-14(19-12-15-4-5-17(19)11-15)22-20(24)16-6-9-23(10-7-16)27(25,26)18-3-2-8-21-13-18/h2-3,8,13-17,19H,4-7,9-12H2,1H3,(H,22,24). The SMILES string of the molecule is CC(NC(=O)C1CCN(S(=O)(=O)c2cccnc2)CC1)C1CC2CCC1C2. The van der Waals surface area contributed by atoms with Crippen molar-refractivity contribution in [2.75, 3.05) is 13.1 Å². The zero-order chi connectivity index (χ0) is 19.0. The van der Waals surface area contributed by atoms with Crippen LogP contribution in [-0.4, -0.2) is 42.7 Å². The summed E-state index contributed by atoms with van der Waals surface area (Å²) >= 11 is 0. The highest BCUT2D eigenvalue weighted by Crippen LogP contribution is 2.49. The number of carbonyl (C=O) groups is 1. The maximum atomic E-state index is 12.7. The number of aromatic nitrogens is 1. The van der Waals surface area contributed by atoms with E-state index >= 15 is 0 Å². The molecule has 0 spiro atoms. The molecule has 3 aliphatic rings. The number of hydrogen-bond donors (Lipinski definition) is 1. The lowest BCUT2D eigenvalue weighted by atomic mass is 9.83. The Morgan fingerprint density at radius 1 is 1.22 bits per heavy atom. The Labute approximate surface area is 161 Å². The van der Waals surface area contributed by atoms with Crippen LogP contribution in [0, 0.1) is 23.7 Å². The van der Waals surface area contributed by atoms with E-state index in [2.05, 4.69) is 17.2 Å². The van der Waals surface area contributed by atoms with Crippen molar-refractivity contribution in [1.29, 1.82) is 0 Å². The first-order valence-electron chi connectivity index (χ1n) is 10.2. The van der Waals surface area contributed by atoms with Gasteiger partial charge in [-0.05, 0) is 68.9 Å². The first-order chi connectivity index (χ1) is 12.9. The summed E-state index contributed by atoms with van der Waals surface area (Å²) < 4.78 is 26.8. The van der Waals surface area contributed by atoms with Crippen molar-refractivity contribution >= 4 is 15.9 Å². The van der Waals surface area contributed by atoms with Gasteiger partial charge in [0.15, 0.2) is 0 Å². The molecule has 7 heteroatoms. The monoisotopic (exact) mass is 391 g/mol. The zero-order valence-electron chi connectivity index (χ0n) is 15.9. The molecule has 1 aliphatic heterocycles. The second-order valence-electron chi connectivity index (χ2n) is 8.50. The molecule has 4 rings (SSSR count). The fourth-order valence-electron chi connectivity index (χ4n) is 5.36. The molecule has 27 heavy (non-hydrogen) atoms. The van der Waals surface area contributed by atoms with E-state index < -0.39 is 10.0 Å². The van der Waals surface area contributed by atoms with E-state index in [1.807, 2.05) is 0 Å². The van der Waals surface area contributed by atoms with Gasteiger partial charge in [-0.2, -0.15) is 4.31 Å². The van der Waals surface area contributed by atoms with Crippen LogP contribution in [-0.2, 0) is 14.8 Å². The fraction of sp³-hybridized carbons (Fsp3) is 0.700. The minimum Gasteiger partial charge on any atom is -0.353 e. The zero-order valence-corrected chi connectivity index (χ0v) is 16.7. The van der Waals surface area contributed by atoms with Crippen molar-refractivity contribution in [2.24, 2.45) is 23.7 Å². The van der Waals surface area contributed by atoms with Gasteiger partial charge in [0, 0.05) is 37.4 Å². The third kappa shape index (κ3) is 3.76. The molecule has 2 saturated carbocycles. The number of hydrogen-bond acceptors (Lipinski definition) is 4. The summed E-state index contributed by atoms with van der Waals surface area (Å²) in [6.45, 7) is 2.92. The van der Waals surface area contributed by atoms with Gasteiger partial charge in [-0.15, -0.1) is 0 Å². The molecule has 1 aromatic rings. The normalized spacial score (nSPS) is 30.3. The third-order valence-corrected chi connectivity index (χ3v) is 8.78. The topological polar surface area (TPSA) is 79.4 Å². The maximum absolute atomic E-state index is 12.7. The molecule has 4 unspecified atom stereocenters. The predicted octanol–water partition coefficient (Wildman–Crippen LogP) is 2.42. The van der Waals surface area contributed by atoms with Gasteiger partial charge in [-0.3, -0.25) is 9.78 Å². The van der Waals surface area contributed by atoms with Crippen molar-refractivity contribution in [3.8, 4) is 0 Å². The Morgan fingerprint density at radius 3 is 2.59 bits per heavy atom. The van der Waals surface area contributed by atoms with Crippen LogP contribution in [0.4, 0.5) is 0 Å². The molecule has 148 valence electrons. The molecule has 6 nitrogen and oxygen atoms in total. The molecule has 1 amide bonds. The van der Waals surface area contributed by atoms with Crippen LogP contribution in [0.2, 0.25) is 0 Å². The van der Waals surface area contributed by atoms with Crippen LogP contribution in [0.5, 0.6) is 0 Å². The van der Waals surface area contributed by atoms with E-state index in [1.165, 1.54) is 36.2 Å². The van der Waals surface area contributed by atoms with E-state index in [4.69, 9.17) is 0 Å². The first-order valence-corrected chi connectivity index (χ1v) is 11.6. The predicted molar refractivity (Wildman–Crippen MR) is 102 cm³/mol. The van der Waals surface area contributed by atoms with Crippen LogP contribution in [0.15, 0.2) is 29.4 Å². The second kappa shape index (κ2) is 7.51. The molecule has 2 bridgehead atoms. The summed E-state index contributed by atoms with van der Waals surface area (Å²) in [7, 11) is -3.51. The Kier molecular flexibility index (Phi) is 5.25. The van der Waals surface area contributed by atoms with Crippen LogP contribution >= 0.6 is 0 Å². The highest BCUT2D eigenvalue weighted by atomic mass is 32.2. The number of nitrogens with zero attached hydrogens (tertiary/aromatic N) is 2. The minimum atomic E-state index is -3.51.